The van der Waals surface area contributed by atoms with Gasteiger partial charge in [0.2, 0.25) is 5.91 Å². The van der Waals surface area contributed by atoms with E-state index in [9.17, 15) is 4.79 Å². The molecule has 0 saturated carbocycles. The van der Waals surface area contributed by atoms with Gasteiger partial charge in [-0.2, -0.15) is 0 Å². The highest BCUT2D eigenvalue weighted by Gasteiger charge is 2.36. The lowest BCUT2D eigenvalue weighted by atomic mass is 9.80. The van der Waals surface area contributed by atoms with E-state index in [2.05, 4.69) is 46.9 Å². The zero-order chi connectivity index (χ0) is 14.0. The van der Waals surface area contributed by atoms with Crippen molar-refractivity contribution in [2.45, 2.75) is 59.9 Å². The van der Waals surface area contributed by atoms with Gasteiger partial charge in [-0.3, -0.25) is 4.79 Å². The molecule has 3 heteroatoms. The van der Waals surface area contributed by atoms with E-state index in [4.69, 9.17) is 0 Å². The number of rotatable bonds is 4. The number of hydrogen-bond donors (Lipinski definition) is 1. The molecule has 1 aliphatic heterocycles. The van der Waals surface area contributed by atoms with Gasteiger partial charge in [-0.15, -0.1) is 0 Å². The van der Waals surface area contributed by atoms with Crippen molar-refractivity contribution in [3.8, 4) is 0 Å². The highest BCUT2D eigenvalue weighted by molar-refractivity contribution is 5.78. The van der Waals surface area contributed by atoms with Gasteiger partial charge >= 0.3 is 0 Å². The molecular weight excluding hydrogens is 224 g/mol. The third kappa shape index (κ3) is 4.97. The second-order valence-electron chi connectivity index (χ2n) is 7.64. The Morgan fingerprint density at radius 1 is 1.22 bits per heavy atom. The van der Waals surface area contributed by atoms with Crippen molar-refractivity contribution in [1.82, 2.24) is 10.2 Å². The molecule has 106 valence electrons. The van der Waals surface area contributed by atoms with E-state index in [1.54, 1.807) is 0 Å². The van der Waals surface area contributed by atoms with Crippen molar-refractivity contribution >= 4 is 5.91 Å². The Hall–Kier alpha value is -0.570. The Labute approximate surface area is 112 Å². The highest BCUT2D eigenvalue weighted by Crippen LogP contribution is 2.34. The maximum absolute atomic E-state index is 11.9. The summed E-state index contributed by atoms with van der Waals surface area (Å²) in [7, 11) is 0. The maximum atomic E-state index is 11.9. The minimum absolute atomic E-state index is 0.170. The molecule has 0 aromatic heterocycles. The molecule has 0 aromatic carbocycles. The lowest BCUT2D eigenvalue weighted by Crippen LogP contribution is -2.38. The molecule has 3 nitrogen and oxygen atoms in total. The molecule has 1 heterocycles. The summed E-state index contributed by atoms with van der Waals surface area (Å²) in [6.07, 6.45) is 1.77. The second-order valence-corrected chi connectivity index (χ2v) is 7.64. The molecule has 0 bridgehead atoms. The van der Waals surface area contributed by atoms with Crippen LogP contribution in [0.1, 0.15) is 54.4 Å². The SMILES string of the molecule is CC(C)(C)NCCCN1CC(C(C)(C)C)CC1=O. The molecule has 1 saturated heterocycles. The average molecular weight is 254 g/mol. The highest BCUT2D eigenvalue weighted by atomic mass is 16.2. The van der Waals surface area contributed by atoms with E-state index in [1.165, 1.54) is 0 Å². The van der Waals surface area contributed by atoms with E-state index < -0.39 is 0 Å². The van der Waals surface area contributed by atoms with Gasteiger partial charge < -0.3 is 10.2 Å². The van der Waals surface area contributed by atoms with Crippen molar-refractivity contribution < 1.29 is 4.79 Å². The van der Waals surface area contributed by atoms with Crippen LogP contribution in [-0.4, -0.2) is 36.0 Å². The number of hydrogen-bond acceptors (Lipinski definition) is 2. The van der Waals surface area contributed by atoms with Gasteiger partial charge in [0.05, 0.1) is 0 Å². The van der Waals surface area contributed by atoms with Gasteiger partial charge in [0.1, 0.15) is 0 Å². The first-order valence-electron chi connectivity index (χ1n) is 7.12. The Balaban J connectivity index is 2.30. The van der Waals surface area contributed by atoms with Crippen molar-refractivity contribution in [3.05, 3.63) is 0 Å². The Bertz CT molecular complexity index is 286. The van der Waals surface area contributed by atoms with Crippen LogP contribution in [0.25, 0.3) is 0 Å². The summed E-state index contributed by atoms with van der Waals surface area (Å²) in [5.41, 5.74) is 0.414. The zero-order valence-electron chi connectivity index (χ0n) is 13.0. The molecule has 1 rings (SSSR count). The molecule has 0 spiro atoms. The predicted octanol–water partition coefficient (Wildman–Crippen LogP) is 2.66. The van der Waals surface area contributed by atoms with Crippen LogP contribution in [0, 0.1) is 11.3 Å². The molecular formula is C15H30N2O. The largest absolute Gasteiger partial charge is 0.342 e. The summed E-state index contributed by atoms with van der Waals surface area (Å²) in [6.45, 7) is 16.0. The van der Waals surface area contributed by atoms with E-state index in [0.29, 0.717) is 11.8 Å². The maximum Gasteiger partial charge on any atom is 0.222 e. The molecule has 0 aromatic rings. The third-order valence-electron chi connectivity index (χ3n) is 3.70. The first kappa shape index (κ1) is 15.5. The monoisotopic (exact) mass is 254 g/mol. The number of carbonyl (C=O) groups excluding carboxylic acids is 1. The Kier molecular flexibility index (Phi) is 4.82. The van der Waals surface area contributed by atoms with Crippen LogP contribution in [-0.2, 0) is 4.79 Å². The number of likely N-dealkylation sites (tertiary alicyclic amines) is 1. The summed E-state index contributed by atoms with van der Waals surface area (Å²) in [6, 6.07) is 0. The van der Waals surface area contributed by atoms with Crippen molar-refractivity contribution in [3.63, 3.8) is 0 Å². The number of carbonyl (C=O) groups is 1. The van der Waals surface area contributed by atoms with Crippen LogP contribution in [0.3, 0.4) is 0 Å². The topological polar surface area (TPSA) is 32.3 Å². The van der Waals surface area contributed by atoms with Crippen molar-refractivity contribution in [1.29, 1.82) is 0 Å². The smallest absolute Gasteiger partial charge is 0.222 e. The summed E-state index contributed by atoms with van der Waals surface area (Å²) >= 11 is 0. The van der Waals surface area contributed by atoms with E-state index in [-0.39, 0.29) is 11.0 Å². The van der Waals surface area contributed by atoms with Gasteiger partial charge in [-0.05, 0) is 45.1 Å². The van der Waals surface area contributed by atoms with Gasteiger partial charge in [0, 0.05) is 25.0 Å². The fraction of sp³-hybridized carbons (Fsp3) is 0.933. The summed E-state index contributed by atoms with van der Waals surface area (Å²) in [4.78, 5) is 14.0. The molecule has 0 radical (unpaired) electrons. The molecule has 1 aliphatic rings. The molecule has 1 N–H and O–H groups in total. The van der Waals surface area contributed by atoms with Crippen LogP contribution in [0.2, 0.25) is 0 Å². The minimum atomic E-state index is 0.170. The van der Waals surface area contributed by atoms with Crippen LogP contribution in [0.4, 0.5) is 0 Å². The van der Waals surface area contributed by atoms with Gasteiger partial charge in [-0.25, -0.2) is 0 Å². The molecule has 1 fully saturated rings. The Morgan fingerprint density at radius 3 is 2.28 bits per heavy atom. The molecule has 1 amide bonds. The summed E-state index contributed by atoms with van der Waals surface area (Å²) < 4.78 is 0. The first-order valence-corrected chi connectivity index (χ1v) is 7.12. The van der Waals surface area contributed by atoms with Gasteiger partial charge in [-0.1, -0.05) is 20.8 Å². The number of nitrogens with one attached hydrogen (secondary N) is 1. The average Bonchev–Trinajstić information content (AvgIpc) is 2.53. The fourth-order valence-corrected chi connectivity index (χ4v) is 2.30. The van der Waals surface area contributed by atoms with Gasteiger partial charge in [0.25, 0.3) is 0 Å². The van der Waals surface area contributed by atoms with Crippen LogP contribution in [0.15, 0.2) is 0 Å². The Morgan fingerprint density at radius 2 is 1.83 bits per heavy atom. The summed E-state index contributed by atoms with van der Waals surface area (Å²) in [5, 5.41) is 3.46. The third-order valence-corrected chi connectivity index (χ3v) is 3.70. The first-order chi connectivity index (χ1) is 8.09. The van der Waals surface area contributed by atoms with Crippen LogP contribution < -0.4 is 5.32 Å². The van der Waals surface area contributed by atoms with E-state index in [0.717, 1.165) is 32.5 Å². The quantitative estimate of drug-likeness (QED) is 0.782. The lowest BCUT2D eigenvalue weighted by Gasteiger charge is -2.26. The normalized spacial score (nSPS) is 21.8. The van der Waals surface area contributed by atoms with Crippen LogP contribution in [0.5, 0.6) is 0 Å². The van der Waals surface area contributed by atoms with E-state index >= 15 is 0 Å². The van der Waals surface area contributed by atoms with Crippen molar-refractivity contribution in [2.75, 3.05) is 19.6 Å². The lowest BCUT2D eigenvalue weighted by molar-refractivity contribution is -0.127. The summed E-state index contributed by atoms with van der Waals surface area (Å²) in [5.74, 6) is 0.853. The molecule has 18 heavy (non-hydrogen) atoms. The molecule has 0 aliphatic carbocycles. The van der Waals surface area contributed by atoms with Gasteiger partial charge in [0.15, 0.2) is 0 Å². The van der Waals surface area contributed by atoms with E-state index in [1.807, 2.05) is 4.90 Å². The minimum Gasteiger partial charge on any atom is -0.342 e. The molecule has 1 unspecified atom stereocenters. The van der Waals surface area contributed by atoms with Crippen LogP contribution >= 0.6 is 0 Å². The standard InChI is InChI=1S/C15H30N2O/c1-14(2,3)12-10-13(18)17(11-12)9-7-8-16-15(4,5)6/h12,16H,7-11H2,1-6H3. The number of nitrogens with zero attached hydrogens (tertiary/aromatic N) is 1. The number of amides is 1. The zero-order valence-corrected chi connectivity index (χ0v) is 13.0. The predicted molar refractivity (Wildman–Crippen MR) is 76.5 cm³/mol. The van der Waals surface area contributed by atoms with Crippen molar-refractivity contribution in [2.24, 2.45) is 11.3 Å². The second kappa shape index (κ2) is 5.60. The fourth-order valence-electron chi connectivity index (χ4n) is 2.30. The molecule has 1 atom stereocenters.